The maximum Gasteiger partial charge on any atom is 0.254 e. The van der Waals surface area contributed by atoms with Crippen molar-refractivity contribution >= 4 is 29.1 Å². The molecule has 0 aromatic carbocycles. The SMILES string of the molecule is O=C(NCC1(O)CCCC1)c1cc(Cl)nnc1Cl. The first-order valence-electron chi connectivity index (χ1n) is 5.69. The molecule has 0 radical (unpaired) electrons. The molecule has 1 aromatic rings. The number of carbonyl (C=O) groups excluding carboxylic acids is 1. The van der Waals surface area contributed by atoms with Crippen LogP contribution in [0.5, 0.6) is 0 Å². The molecule has 0 saturated heterocycles. The van der Waals surface area contributed by atoms with Crippen molar-refractivity contribution in [1.29, 1.82) is 0 Å². The van der Waals surface area contributed by atoms with Crippen LogP contribution in [0.25, 0.3) is 0 Å². The second kappa shape index (κ2) is 5.38. The summed E-state index contributed by atoms with van der Waals surface area (Å²) in [6.07, 6.45) is 3.37. The minimum atomic E-state index is -0.799. The van der Waals surface area contributed by atoms with Crippen molar-refractivity contribution in [2.24, 2.45) is 0 Å². The van der Waals surface area contributed by atoms with E-state index in [4.69, 9.17) is 23.2 Å². The summed E-state index contributed by atoms with van der Waals surface area (Å²) in [5.41, 5.74) is -0.634. The van der Waals surface area contributed by atoms with Crippen molar-refractivity contribution in [3.8, 4) is 0 Å². The number of hydrogen-bond acceptors (Lipinski definition) is 4. The number of halogens is 2. The van der Waals surface area contributed by atoms with Crippen LogP contribution < -0.4 is 5.32 Å². The van der Waals surface area contributed by atoms with Crippen LogP contribution in [-0.2, 0) is 0 Å². The van der Waals surface area contributed by atoms with Gasteiger partial charge in [0.15, 0.2) is 10.3 Å². The van der Waals surface area contributed by atoms with Crippen LogP contribution in [0, 0.1) is 0 Å². The van der Waals surface area contributed by atoms with E-state index in [1.54, 1.807) is 0 Å². The third kappa shape index (κ3) is 3.10. The number of amides is 1. The zero-order chi connectivity index (χ0) is 13.2. The molecule has 0 atom stereocenters. The largest absolute Gasteiger partial charge is 0.388 e. The van der Waals surface area contributed by atoms with E-state index in [0.29, 0.717) is 12.8 Å². The summed E-state index contributed by atoms with van der Waals surface area (Å²) in [6, 6.07) is 1.35. The highest BCUT2D eigenvalue weighted by molar-refractivity contribution is 6.34. The van der Waals surface area contributed by atoms with Crippen molar-refractivity contribution < 1.29 is 9.90 Å². The van der Waals surface area contributed by atoms with Gasteiger partial charge in [0.1, 0.15) is 0 Å². The summed E-state index contributed by atoms with van der Waals surface area (Å²) in [5, 5.41) is 19.9. The van der Waals surface area contributed by atoms with E-state index in [9.17, 15) is 9.90 Å². The Labute approximate surface area is 115 Å². The van der Waals surface area contributed by atoms with Crippen LogP contribution in [0.3, 0.4) is 0 Å². The standard InChI is InChI=1S/C11H13Cl2N3O2/c12-8-5-7(9(13)16-15-8)10(17)14-6-11(18)3-1-2-4-11/h5,18H,1-4,6H2,(H,14,17). The number of aromatic nitrogens is 2. The van der Waals surface area contributed by atoms with Gasteiger partial charge in [0.25, 0.3) is 5.91 Å². The molecule has 0 spiro atoms. The van der Waals surface area contributed by atoms with Gasteiger partial charge in [-0.25, -0.2) is 0 Å². The second-order valence-corrected chi connectivity index (χ2v) is 5.23. The number of nitrogens with one attached hydrogen (secondary N) is 1. The fourth-order valence-electron chi connectivity index (χ4n) is 2.06. The molecule has 98 valence electrons. The molecular weight excluding hydrogens is 277 g/mol. The summed E-state index contributed by atoms with van der Waals surface area (Å²) < 4.78 is 0. The predicted octanol–water partition coefficient (Wildman–Crippen LogP) is 1.82. The molecule has 0 unspecified atom stereocenters. The highest BCUT2D eigenvalue weighted by atomic mass is 35.5. The predicted molar refractivity (Wildman–Crippen MR) is 67.8 cm³/mol. The molecule has 1 heterocycles. The zero-order valence-corrected chi connectivity index (χ0v) is 11.1. The summed E-state index contributed by atoms with van der Waals surface area (Å²) in [6.45, 7) is 0.210. The van der Waals surface area contributed by atoms with Crippen molar-refractivity contribution in [3.05, 3.63) is 21.9 Å². The van der Waals surface area contributed by atoms with Gasteiger partial charge in [0.05, 0.1) is 11.2 Å². The van der Waals surface area contributed by atoms with Gasteiger partial charge in [-0.05, 0) is 18.9 Å². The molecule has 1 aromatic heterocycles. The van der Waals surface area contributed by atoms with Gasteiger partial charge >= 0.3 is 0 Å². The van der Waals surface area contributed by atoms with Gasteiger partial charge < -0.3 is 10.4 Å². The molecule has 2 N–H and O–H groups in total. The number of rotatable bonds is 3. The average molecular weight is 290 g/mol. The van der Waals surface area contributed by atoms with E-state index in [1.165, 1.54) is 6.07 Å². The smallest absolute Gasteiger partial charge is 0.254 e. The second-order valence-electron chi connectivity index (χ2n) is 4.49. The lowest BCUT2D eigenvalue weighted by molar-refractivity contribution is 0.0449. The van der Waals surface area contributed by atoms with Gasteiger partial charge in [-0.2, -0.15) is 0 Å². The van der Waals surface area contributed by atoms with Crippen molar-refractivity contribution in [2.45, 2.75) is 31.3 Å². The highest BCUT2D eigenvalue weighted by Crippen LogP contribution is 2.28. The molecule has 0 aliphatic heterocycles. The topological polar surface area (TPSA) is 75.1 Å². The van der Waals surface area contributed by atoms with Crippen LogP contribution in [-0.4, -0.2) is 33.4 Å². The Hall–Kier alpha value is -0.910. The van der Waals surface area contributed by atoms with Gasteiger partial charge in [-0.1, -0.05) is 36.0 Å². The Bertz CT molecular complexity index is 462. The molecule has 2 rings (SSSR count). The fraction of sp³-hybridized carbons (Fsp3) is 0.545. The van der Waals surface area contributed by atoms with Gasteiger partial charge in [-0.3, -0.25) is 4.79 Å². The first kappa shape index (κ1) is 13.5. The Balaban J connectivity index is 2.01. The zero-order valence-electron chi connectivity index (χ0n) is 9.62. The van der Waals surface area contributed by atoms with E-state index < -0.39 is 11.5 Å². The highest BCUT2D eigenvalue weighted by Gasteiger charge is 2.31. The van der Waals surface area contributed by atoms with E-state index in [1.807, 2.05) is 0 Å². The number of carbonyl (C=O) groups is 1. The third-order valence-corrected chi connectivity index (χ3v) is 3.54. The quantitative estimate of drug-likeness (QED) is 0.890. The first-order chi connectivity index (χ1) is 8.50. The summed E-state index contributed by atoms with van der Waals surface area (Å²) in [4.78, 5) is 11.9. The van der Waals surface area contributed by atoms with E-state index in [0.717, 1.165) is 12.8 Å². The lowest BCUT2D eigenvalue weighted by Crippen LogP contribution is -2.40. The van der Waals surface area contributed by atoms with Gasteiger partial charge in [-0.15, -0.1) is 10.2 Å². The lowest BCUT2D eigenvalue weighted by atomic mass is 10.0. The Morgan fingerprint density at radius 2 is 2.06 bits per heavy atom. The molecule has 7 heteroatoms. The minimum absolute atomic E-state index is 0.00434. The molecule has 1 saturated carbocycles. The van der Waals surface area contributed by atoms with Crippen LogP contribution in [0.4, 0.5) is 0 Å². The Morgan fingerprint density at radius 1 is 1.39 bits per heavy atom. The minimum Gasteiger partial charge on any atom is -0.388 e. The Morgan fingerprint density at radius 3 is 2.72 bits per heavy atom. The molecule has 18 heavy (non-hydrogen) atoms. The Kier molecular flexibility index (Phi) is 4.04. The van der Waals surface area contributed by atoms with E-state index >= 15 is 0 Å². The summed E-state index contributed by atoms with van der Waals surface area (Å²) in [5.74, 6) is -0.405. The van der Waals surface area contributed by atoms with Crippen LogP contribution >= 0.6 is 23.2 Å². The molecule has 1 aliphatic carbocycles. The molecule has 1 fully saturated rings. The molecular formula is C11H13Cl2N3O2. The van der Waals surface area contributed by atoms with Crippen molar-refractivity contribution in [1.82, 2.24) is 15.5 Å². The van der Waals surface area contributed by atoms with Crippen LogP contribution in [0.1, 0.15) is 36.0 Å². The van der Waals surface area contributed by atoms with Gasteiger partial charge in [0.2, 0.25) is 0 Å². The first-order valence-corrected chi connectivity index (χ1v) is 6.45. The lowest BCUT2D eigenvalue weighted by Gasteiger charge is -2.22. The number of nitrogens with zero attached hydrogens (tertiary/aromatic N) is 2. The summed E-state index contributed by atoms with van der Waals surface area (Å²) in [7, 11) is 0. The molecule has 0 bridgehead atoms. The van der Waals surface area contributed by atoms with Crippen molar-refractivity contribution in [3.63, 3.8) is 0 Å². The molecule has 1 amide bonds. The van der Waals surface area contributed by atoms with Crippen LogP contribution in [0.15, 0.2) is 6.07 Å². The van der Waals surface area contributed by atoms with Gasteiger partial charge in [0, 0.05) is 6.54 Å². The maximum atomic E-state index is 11.9. The summed E-state index contributed by atoms with van der Waals surface area (Å²) >= 11 is 11.4. The van der Waals surface area contributed by atoms with Crippen LogP contribution in [0.2, 0.25) is 10.3 Å². The van der Waals surface area contributed by atoms with E-state index in [-0.39, 0.29) is 22.4 Å². The molecule has 1 aliphatic rings. The number of aliphatic hydroxyl groups is 1. The average Bonchev–Trinajstić information content (AvgIpc) is 2.77. The fourth-order valence-corrected chi connectivity index (χ4v) is 2.39. The van der Waals surface area contributed by atoms with E-state index in [2.05, 4.69) is 15.5 Å². The third-order valence-electron chi connectivity index (χ3n) is 3.08. The van der Waals surface area contributed by atoms with Crippen molar-refractivity contribution in [2.75, 3.05) is 6.54 Å². The molecule has 5 nitrogen and oxygen atoms in total. The monoisotopic (exact) mass is 289 g/mol. The maximum absolute atomic E-state index is 11.9. The number of hydrogen-bond donors (Lipinski definition) is 2. The normalized spacial score (nSPS) is 17.7.